The average Bonchev–Trinajstić information content (AvgIpc) is 2.46. The van der Waals surface area contributed by atoms with Crippen molar-refractivity contribution in [3.05, 3.63) is 23.8 Å². The Balaban J connectivity index is 2.04. The molecule has 0 saturated carbocycles. The molecule has 0 aromatic heterocycles. The van der Waals surface area contributed by atoms with E-state index in [4.69, 9.17) is 14.2 Å². The molecule has 1 aliphatic rings. The molecule has 0 spiro atoms. The molecule has 2 rings (SSSR count). The summed E-state index contributed by atoms with van der Waals surface area (Å²) in [6.45, 7) is 4.75. The van der Waals surface area contributed by atoms with Crippen LogP contribution in [0.25, 0.3) is 0 Å². The van der Waals surface area contributed by atoms with Crippen molar-refractivity contribution in [1.29, 1.82) is 0 Å². The second kappa shape index (κ2) is 6.27. The fourth-order valence-electron chi connectivity index (χ4n) is 1.77. The van der Waals surface area contributed by atoms with Gasteiger partial charge in [-0.25, -0.2) is 4.79 Å². The summed E-state index contributed by atoms with van der Waals surface area (Å²) < 4.78 is 15.9. The van der Waals surface area contributed by atoms with Crippen LogP contribution in [0.15, 0.2) is 18.2 Å². The normalized spacial score (nSPS) is 14.3. The lowest BCUT2D eigenvalue weighted by Gasteiger charge is -2.19. The van der Waals surface area contributed by atoms with Crippen molar-refractivity contribution >= 4 is 11.9 Å². The zero-order chi connectivity index (χ0) is 14.5. The molecule has 0 fully saturated rings. The molecule has 0 bridgehead atoms. The van der Waals surface area contributed by atoms with Crippen LogP contribution >= 0.6 is 0 Å². The molecule has 0 saturated heterocycles. The summed E-state index contributed by atoms with van der Waals surface area (Å²) in [7, 11) is 0. The summed E-state index contributed by atoms with van der Waals surface area (Å²) in [4.78, 5) is 23.5. The predicted molar refractivity (Wildman–Crippen MR) is 71.0 cm³/mol. The van der Waals surface area contributed by atoms with Crippen LogP contribution in [0.4, 0.5) is 0 Å². The fraction of sp³-hybridized carbons (Fsp3) is 0.429. The van der Waals surface area contributed by atoms with E-state index in [1.54, 1.807) is 25.1 Å². The molecule has 1 atom stereocenters. The molecular formula is C14H17NO5. The number of likely N-dealkylation sites (N-methyl/N-ethyl adjacent to an activating group) is 1. The highest BCUT2D eigenvalue weighted by molar-refractivity contribution is 5.92. The zero-order valence-corrected chi connectivity index (χ0v) is 11.5. The molecule has 1 amide bonds. The van der Waals surface area contributed by atoms with Gasteiger partial charge in [-0.1, -0.05) is 0 Å². The quantitative estimate of drug-likeness (QED) is 0.837. The lowest BCUT2D eigenvalue weighted by molar-refractivity contribution is -0.128. The maximum atomic E-state index is 12.0. The first-order valence-electron chi connectivity index (χ1n) is 6.50. The number of hydrogen-bond donors (Lipinski definition) is 1. The third-order valence-electron chi connectivity index (χ3n) is 2.78. The van der Waals surface area contributed by atoms with Gasteiger partial charge in [0.25, 0.3) is 5.91 Å². The summed E-state index contributed by atoms with van der Waals surface area (Å²) in [5, 5.41) is 2.59. The summed E-state index contributed by atoms with van der Waals surface area (Å²) in [6.07, 6.45) is -0.837. The van der Waals surface area contributed by atoms with Gasteiger partial charge in [-0.15, -0.1) is 0 Å². The zero-order valence-electron chi connectivity index (χ0n) is 11.5. The Morgan fingerprint density at radius 1 is 1.30 bits per heavy atom. The lowest BCUT2D eigenvalue weighted by atomic mass is 10.2. The van der Waals surface area contributed by atoms with Crippen molar-refractivity contribution in [2.75, 3.05) is 19.8 Å². The van der Waals surface area contributed by atoms with Gasteiger partial charge in [-0.3, -0.25) is 4.79 Å². The topological polar surface area (TPSA) is 73.9 Å². The molecular weight excluding hydrogens is 262 g/mol. The van der Waals surface area contributed by atoms with Crippen LogP contribution in [0.3, 0.4) is 0 Å². The van der Waals surface area contributed by atoms with Gasteiger partial charge in [-0.2, -0.15) is 0 Å². The van der Waals surface area contributed by atoms with E-state index in [0.29, 0.717) is 36.8 Å². The van der Waals surface area contributed by atoms with E-state index >= 15 is 0 Å². The average molecular weight is 279 g/mol. The van der Waals surface area contributed by atoms with Crippen molar-refractivity contribution in [2.24, 2.45) is 0 Å². The van der Waals surface area contributed by atoms with E-state index in [0.717, 1.165) is 0 Å². The van der Waals surface area contributed by atoms with E-state index in [1.807, 2.05) is 0 Å². The molecule has 0 radical (unpaired) electrons. The molecule has 1 aliphatic heterocycles. The minimum Gasteiger partial charge on any atom is -0.486 e. The maximum absolute atomic E-state index is 12.0. The highest BCUT2D eigenvalue weighted by atomic mass is 16.6. The Morgan fingerprint density at radius 2 is 2.00 bits per heavy atom. The first kappa shape index (κ1) is 14.2. The van der Waals surface area contributed by atoms with Gasteiger partial charge in [0.1, 0.15) is 13.2 Å². The molecule has 1 heterocycles. The van der Waals surface area contributed by atoms with Crippen LogP contribution in [0, 0.1) is 0 Å². The summed E-state index contributed by atoms with van der Waals surface area (Å²) in [5.41, 5.74) is 0.324. The van der Waals surface area contributed by atoms with Gasteiger partial charge < -0.3 is 19.5 Å². The van der Waals surface area contributed by atoms with Crippen LogP contribution in [0.2, 0.25) is 0 Å². The molecule has 1 aromatic carbocycles. The minimum atomic E-state index is -0.837. The highest BCUT2D eigenvalue weighted by Crippen LogP contribution is 2.30. The monoisotopic (exact) mass is 279 g/mol. The molecule has 108 valence electrons. The Kier molecular flexibility index (Phi) is 4.45. The van der Waals surface area contributed by atoms with E-state index in [-0.39, 0.29) is 5.91 Å². The number of esters is 1. The summed E-state index contributed by atoms with van der Waals surface area (Å²) in [5.74, 6) is 0.222. The second-order valence-corrected chi connectivity index (χ2v) is 4.30. The Bertz CT molecular complexity index is 514. The first-order valence-corrected chi connectivity index (χ1v) is 6.50. The molecule has 1 aromatic rings. The third kappa shape index (κ3) is 3.20. The van der Waals surface area contributed by atoms with E-state index < -0.39 is 12.1 Å². The highest BCUT2D eigenvalue weighted by Gasteiger charge is 2.20. The smallest absolute Gasteiger partial charge is 0.339 e. The van der Waals surface area contributed by atoms with E-state index in [2.05, 4.69) is 5.32 Å². The lowest BCUT2D eigenvalue weighted by Crippen LogP contribution is -2.35. The standard InChI is InChI=1S/C14H17NO5/c1-3-15-13(16)9(2)20-14(17)10-4-5-11-12(8-10)19-7-6-18-11/h4-5,8-9H,3,6-7H2,1-2H3,(H,15,16)/t9-/m1/s1. The number of hydrogen-bond acceptors (Lipinski definition) is 5. The maximum Gasteiger partial charge on any atom is 0.339 e. The van der Waals surface area contributed by atoms with Gasteiger partial charge >= 0.3 is 5.97 Å². The molecule has 0 aliphatic carbocycles. The number of rotatable bonds is 4. The van der Waals surface area contributed by atoms with Crippen LogP contribution in [0.1, 0.15) is 24.2 Å². The third-order valence-corrected chi connectivity index (χ3v) is 2.78. The van der Waals surface area contributed by atoms with Gasteiger partial charge in [0.15, 0.2) is 17.6 Å². The number of carbonyl (C=O) groups is 2. The summed E-state index contributed by atoms with van der Waals surface area (Å²) in [6, 6.07) is 4.80. The Hall–Kier alpha value is -2.24. The number of benzene rings is 1. The van der Waals surface area contributed by atoms with E-state index in [1.165, 1.54) is 6.92 Å². The minimum absolute atomic E-state index is 0.321. The number of nitrogens with one attached hydrogen (secondary N) is 1. The van der Waals surface area contributed by atoms with Gasteiger partial charge in [0.2, 0.25) is 0 Å². The van der Waals surface area contributed by atoms with Gasteiger partial charge in [0.05, 0.1) is 5.56 Å². The number of carbonyl (C=O) groups excluding carboxylic acids is 2. The first-order chi connectivity index (χ1) is 9.61. The van der Waals surface area contributed by atoms with Gasteiger partial charge in [0, 0.05) is 6.54 Å². The number of fused-ring (bicyclic) bond motifs is 1. The van der Waals surface area contributed by atoms with Crippen molar-refractivity contribution in [3.63, 3.8) is 0 Å². The molecule has 20 heavy (non-hydrogen) atoms. The number of ether oxygens (including phenoxy) is 3. The SMILES string of the molecule is CCNC(=O)[C@@H](C)OC(=O)c1ccc2c(c1)OCCO2. The Labute approximate surface area is 117 Å². The van der Waals surface area contributed by atoms with Crippen molar-refractivity contribution in [2.45, 2.75) is 20.0 Å². The second-order valence-electron chi connectivity index (χ2n) is 4.30. The van der Waals surface area contributed by atoms with Crippen molar-refractivity contribution < 1.29 is 23.8 Å². The summed E-state index contributed by atoms with van der Waals surface area (Å²) >= 11 is 0. The van der Waals surface area contributed by atoms with Crippen LogP contribution in [-0.4, -0.2) is 37.7 Å². The molecule has 6 heteroatoms. The van der Waals surface area contributed by atoms with Crippen LogP contribution in [-0.2, 0) is 9.53 Å². The largest absolute Gasteiger partial charge is 0.486 e. The molecule has 0 unspecified atom stereocenters. The Morgan fingerprint density at radius 3 is 2.70 bits per heavy atom. The van der Waals surface area contributed by atoms with Crippen LogP contribution in [0.5, 0.6) is 11.5 Å². The fourth-order valence-corrected chi connectivity index (χ4v) is 1.77. The van der Waals surface area contributed by atoms with Crippen molar-refractivity contribution in [1.82, 2.24) is 5.32 Å². The number of amides is 1. The molecule has 1 N–H and O–H groups in total. The van der Waals surface area contributed by atoms with E-state index in [9.17, 15) is 9.59 Å². The van der Waals surface area contributed by atoms with Crippen LogP contribution < -0.4 is 14.8 Å². The van der Waals surface area contributed by atoms with Gasteiger partial charge in [-0.05, 0) is 32.0 Å². The van der Waals surface area contributed by atoms with Crippen molar-refractivity contribution in [3.8, 4) is 11.5 Å². The predicted octanol–water partition coefficient (Wildman–Crippen LogP) is 1.14. The molecule has 6 nitrogen and oxygen atoms in total.